The summed E-state index contributed by atoms with van der Waals surface area (Å²) in [5.74, 6) is 0.768. The van der Waals surface area contributed by atoms with E-state index in [9.17, 15) is 4.79 Å². The average Bonchev–Trinajstić information content (AvgIpc) is 2.67. The van der Waals surface area contributed by atoms with Crippen molar-refractivity contribution in [2.24, 2.45) is 0 Å². The van der Waals surface area contributed by atoms with Gasteiger partial charge < -0.3 is 9.47 Å². The first-order valence-electron chi connectivity index (χ1n) is 4.48. The lowest BCUT2D eigenvalue weighted by atomic mass is 9.93. The third kappa shape index (κ3) is 0.894. The molecule has 0 aromatic rings. The summed E-state index contributed by atoms with van der Waals surface area (Å²) in [7, 11) is 0. The van der Waals surface area contributed by atoms with Crippen molar-refractivity contribution in [3.05, 3.63) is 47.5 Å². The van der Waals surface area contributed by atoms with Crippen LogP contribution in [0.1, 0.15) is 0 Å². The first-order chi connectivity index (χ1) is 6.86. The quantitative estimate of drug-likeness (QED) is 0.574. The molecule has 0 fully saturated rings. The second kappa shape index (κ2) is 2.61. The second-order valence-electron chi connectivity index (χ2n) is 3.32. The number of ketones is 1. The van der Waals surface area contributed by atoms with Crippen LogP contribution in [0.3, 0.4) is 0 Å². The second-order valence-corrected chi connectivity index (χ2v) is 3.32. The van der Waals surface area contributed by atoms with Crippen molar-refractivity contribution in [1.29, 1.82) is 0 Å². The Labute approximate surface area is 81.0 Å². The van der Waals surface area contributed by atoms with Crippen LogP contribution in [0.5, 0.6) is 0 Å². The van der Waals surface area contributed by atoms with Gasteiger partial charge in [-0.3, -0.25) is 4.79 Å². The van der Waals surface area contributed by atoms with Gasteiger partial charge in [-0.05, 0) is 18.2 Å². The van der Waals surface area contributed by atoms with Crippen LogP contribution in [0.2, 0.25) is 0 Å². The first kappa shape index (κ1) is 7.62. The van der Waals surface area contributed by atoms with Gasteiger partial charge >= 0.3 is 0 Å². The van der Waals surface area contributed by atoms with Crippen molar-refractivity contribution < 1.29 is 14.3 Å². The van der Waals surface area contributed by atoms with Crippen LogP contribution >= 0.6 is 0 Å². The van der Waals surface area contributed by atoms with Gasteiger partial charge in [0.25, 0.3) is 0 Å². The van der Waals surface area contributed by atoms with Gasteiger partial charge in [-0.2, -0.15) is 0 Å². The van der Waals surface area contributed by atoms with Crippen molar-refractivity contribution in [3.63, 3.8) is 0 Å². The average molecular weight is 188 g/mol. The summed E-state index contributed by atoms with van der Waals surface area (Å²) in [6, 6.07) is 0. The van der Waals surface area contributed by atoms with Crippen LogP contribution in [0.25, 0.3) is 0 Å². The summed E-state index contributed by atoms with van der Waals surface area (Å²) < 4.78 is 10.7. The topological polar surface area (TPSA) is 35.5 Å². The summed E-state index contributed by atoms with van der Waals surface area (Å²) in [6.45, 7) is 0.560. The number of hydrogen-bond acceptors (Lipinski definition) is 3. The Morgan fingerprint density at radius 2 is 2.29 bits per heavy atom. The predicted molar refractivity (Wildman–Crippen MR) is 49.2 cm³/mol. The molecule has 1 unspecified atom stereocenters. The molecule has 1 aliphatic carbocycles. The fourth-order valence-electron chi connectivity index (χ4n) is 1.83. The van der Waals surface area contributed by atoms with E-state index < -0.39 is 6.10 Å². The fraction of sp³-hybridized carbons (Fsp3) is 0.182. The largest absolute Gasteiger partial charge is 0.488 e. The molecule has 0 amide bonds. The Hall–Kier alpha value is -1.77. The zero-order chi connectivity index (χ0) is 9.54. The minimum atomic E-state index is -0.472. The number of hydrogen-bond donors (Lipinski definition) is 0. The van der Waals surface area contributed by atoms with Crippen molar-refractivity contribution in [1.82, 2.24) is 0 Å². The van der Waals surface area contributed by atoms with E-state index >= 15 is 0 Å². The molecule has 0 N–H and O–H groups in total. The predicted octanol–water partition coefficient (Wildman–Crippen LogP) is 1.25. The summed E-state index contributed by atoms with van der Waals surface area (Å²) >= 11 is 0. The van der Waals surface area contributed by atoms with Crippen LogP contribution in [0, 0.1) is 0 Å². The van der Waals surface area contributed by atoms with E-state index in [0.717, 1.165) is 16.9 Å². The zero-order valence-corrected chi connectivity index (χ0v) is 7.40. The normalized spacial score (nSPS) is 27.9. The number of carbonyl (C=O) groups is 1. The summed E-state index contributed by atoms with van der Waals surface area (Å²) in [5.41, 5.74) is 1.69. The molecule has 14 heavy (non-hydrogen) atoms. The third-order valence-electron chi connectivity index (χ3n) is 2.45. The van der Waals surface area contributed by atoms with E-state index in [1.807, 2.05) is 12.2 Å². The van der Waals surface area contributed by atoms with Crippen molar-refractivity contribution >= 4 is 5.78 Å². The number of rotatable bonds is 0. The minimum Gasteiger partial charge on any atom is -0.488 e. The number of fused-ring (bicyclic) bond motifs is 2. The molecular weight excluding hydrogens is 180 g/mol. The van der Waals surface area contributed by atoms with Gasteiger partial charge in [0.1, 0.15) is 12.4 Å². The molecule has 2 aliphatic heterocycles. The molecule has 1 atom stereocenters. The van der Waals surface area contributed by atoms with Gasteiger partial charge in [-0.25, -0.2) is 0 Å². The first-order valence-corrected chi connectivity index (χ1v) is 4.48. The van der Waals surface area contributed by atoms with Crippen LogP contribution in [-0.4, -0.2) is 18.5 Å². The van der Waals surface area contributed by atoms with E-state index in [-0.39, 0.29) is 5.78 Å². The molecule has 0 aromatic heterocycles. The van der Waals surface area contributed by atoms with Crippen molar-refractivity contribution in [3.8, 4) is 0 Å². The summed E-state index contributed by atoms with van der Waals surface area (Å²) in [6.07, 6.45) is 8.24. The molecule has 0 bridgehead atoms. The van der Waals surface area contributed by atoms with Crippen LogP contribution in [-0.2, 0) is 14.3 Å². The molecule has 0 aromatic carbocycles. The molecule has 3 nitrogen and oxygen atoms in total. The molecular formula is C11H8O3. The van der Waals surface area contributed by atoms with E-state index in [1.165, 1.54) is 0 Å². The maximum absolute atomic E-state index is 11.6. The lowest BCUT2D eigenvalue weighted by molar-refractivity contribution is -0.120. The maximum atomic E-state index is 11.6. The number of allylic oxidation sites excluding steroid dienone is 1. The highest BCUT2D eigenvalue weighted by Crippen LogP contribution is 2.33. The Kier molecular flexibility index (Phi) is 1.42. The Morgan fingerprint density at radius 1 is 1.36 bits per heavy atom. The van der Waals surface area contributed by atoms with Gasteiger partial charge in [0, 0.05) is 11.1 Å². The van der Waals surface area contributed by atoms with Gasteiger partial charge in [-0.1, -0.05) is 6.08 Å². The smallest absolute Gasteiger partial charge is 0.201 e. The molecule has 3 aliphatic rings. The molecule has 0 saturated heterocycles. The van der Waals surface area contributed by atoms with Crippen LogP contribution < -0.4 is 0 Å². The van der Waals surface area contributed by atoms with E-state index in [0.29, 0.717) is 6.61 Å². The lowest BCUT2D eigenvalue weighted by Crippen LogP contribution is -2.26. The Morgan fingerprint density at radius 3 is 3.21 bits per heavy atom. The third-order valence-corrected chi connectivity index (χ3v) is 2.45. The SMILES string of the molecule is O=C1C=C2C=CCOC2=C2C=COC12. The van der Waals surface area contributed by atoms with E-state index in [2.05, 4.69) is 0 Å². The molecule has 3 heteroatoms. The van der Waals surface area contributed by atoms with E-state index in [1.54, 1.807) is 18.4 Å². The number of ether oxygens (including phenoxy) is 2. The standard InChI is InChI=1S/C11H8O3/c12-9-6-7-2-1-4-13-10(7)8-3-5-14-11(8)9/h1-3,5-6,11H,4H2. The van der Waals surface area contributed by atoms with E-state index in [4.69, 9.17) is 9.47 Å². The molecule has 2 heterocycles. The highest BCUT2D eigenvalue weighted by atomic mass is 16.5. The lowest BCUT2D eigenvalue weighted by Gasteiger charge is -2.23. The molecule has 0 saturated carbocycles. The Balaban J connectivity index is 2.18. The van der Waals surface area contributed by atoms with Crippen LogP contribution in [0.4, 0.5) is 0 Å². The molecule has 0 radical (unpaired) electrons. The fourth-order valence-corrected chi connectivity index (χ4v) is 1.83. The molecule has 3 rings (SSSR count). The molecule has 70 valence electrons. The molecule has 0 spiro atoms. The van der Waals surface area contributed by atoms with Gasteiger partial charge in [-0.15, -0.1) is 0 Å². The zero-order valence-electron chi connectivity index (χ0n) is 7.40. The highest BCUT2D eigenvalue weighted by molar-refractivity contribution is 6.00. The maximum Gasteiger partial charge on any atom is 0.201 e. The number of carbonyl (C=O) groups excluding carboxylic acids is 1. The monoisotopic (exact) mass is 188 g/mol. The van der Waals surface area contributed by atoms with Crippen molar-refractivity contribution in [2.45, 2.75) is 6.10 Å². The summed E-state index contributed by atoms with van der Waals surface area (Å²) in [5, 5.41) is 0. The van der Waals surface area contributed by atoms with Crippen LogP contribution in [0.15, 0.2) is 47.5 Å². The van der Waals surface area contributed by atoms with Crippen molar-refractivity contribution in [2.75, 3.05) is 6.61 Å². The minimum absolute atomic E-state index is 0.0149. The summed E-state index contributed by atoms with van der Waals surface area (Å²) in [4.78, 5) is 11.6. The highest BCUT2D eigenvalue weighted by Gasteiger charge is 2.34. The Bertz CT molecular complexity index is 424. The van der Waals surface area contributed by atoms with Gasteiger partial charge in [0.05, 0.1) is 6.26 Å². The van der Waals surface area contributed by atoms with Gasteiger partial charge in [0.15, 0.2) is 6.10 Å². The van der Waals surface area contributed by atoms with Gasteiger partial charge in [0.2, 0.25) is 5.78 Å².